The van der Waals surface area contributed by atoms with E-state index in [-0.39, 0.29) is 5.91 Å². The van der Waals surface area contributed by atoms with Crippen LogP contribution in [0, 0.1) is 5.92 Å². The first-order valence-electron chi connectivity index (χ1n) is 9.07. The largest absolute Gasteiger partial charge is 0.381 e. The van der Waals surface area contributed by atoms with Crippen LogP contribution in [0.2, 0.25) is 5.02 Å². The fourth-order valence-electron chi connectivity index (χ4n) is 3.52. The molecule has 2 heterocycles. The average Bonchev–Trinajstić information content (AvgIpc) is 3.21. The van der Waals surface area contributed by atoms with Gasteiger partial charge in [0.25, 0.3) is 5.91 Å². The summed E-state index contributed by atoms with van der Waals surface area (Å²) < 4.78 is 0. The number of benzene rings is 2. The zero-order valence-corrected chi connectivity index (χ0v) is 15.6. The molecule has 5 nitrogen and oxygen atoms in total. The van der Waals surface area contributed by atoms with Crippen molar-refractivity contribution < 1.29 is 14.4 Å². The van der Waals surface area contributed by atoms with Gasteiger partial charge in [0.05, 0.1) is 5.69 Å². The van der Waals surface area contributed by atoms with E-state index in [0.29, 0.717) is 22.0 Å². The standard InChI is InChI=1S/C21H19ClN2O3/c1-2-3-6-13-9-11-14(12-10-13)24-20(25)17-18(23-27-19(17)21(24)26)15-7-4-5-8-16(15)22/h4-5,7-12,17,19H,2-3,6H2,1H3/t17-,19+/m1/s1. The van der Waals surface area contributed by atoms with Crippen LogP contribution in [-0.2, 0) is 20.8 Å². The molecule has 0 radical (unpaired) electrons. The molecule has 0 bridgehead atoms. The second-order valence-electron chi connectivity index (χ2n) is 6.74. The summed E-state index contributed by atoms with van der Waals surface area (Å²) in [6, 6.07) is 14.7. The maximum atomic E-state index is 13.1. The number of imide groups is 1. The second kappa shape index (κ2) is 7.16. The first kappa shape index (κ1) is 17.7. The van der Waals surface area contributed by atoms with E-state index in [1.165, 1.54) is 10.5 Å². The zero-order valence-electron chi connectivity index (χ0n) is 14.9. The van der Waals surface area contributed by atoms with Gasteiger partial charge >= 0.3 is 0 Å². The van der Waals surface area contributed by atoms with Crippen molar-refractivity contribution in [2.45, 2.75) is 32.3 Å². The normalized spacial score (nSPS) is 21.3. The molecule has 2 aromatic carbocycles. The van der Waals surface area contributed by atoms with Crippen LogP contribution in [0.3, 0.4) is 0 Å². The minimum absolute atomic E-state index is 0.331. The summed E-state index contributed by atoms with van der Waals surface area (Å²) >= 11 is 6.25. The summed E-state index contributed by atoms with van der Waals surface area (Å²) in [6.07, 6.45) is 2.28. The Bertz CT molecular complexity index is 923. The number of aryl methyl sites for hydroxylation is 1. The van der Waals surface area contributed by atoms with Gasteiger partial charge < -0.3 is 4.84 Å². The molecule has 0 N–H and O–H groups in total. The van der Waals surface area contributed by atoms with Crippen LogP contribution in [0.15, 0.2) is 53.7 Å². The number of hydrogen-bond donors (Lipinski definition) is 0. The van der Waals surface area contributed by atoms with Gasteiger partial charge in [-0.25, -0.2) is 4.90 Å². The van der Waals surface area contributed by atoms with E-state index < -0.39 is 17.9 Å². The van der Waals surface area contributed by atoms with Crippen molar-refractivity contribution in [3.63, 3.8) is 0 Å². The molecule has 0 unspecified atom stereocenters. The molecule has 4 rings (SSSR count). The van der Waals surface area contributed by atoms with Crippen LogP contribution in [-0.4, -0.2) is 23.6 Å². The Kier molecular flexibility index (Phi) is 4.70. The topological polar surface area (TPSA) is 59.0 Å². The first-order valence-corrected chi connectivity index (χ1v) is 9.45. The number of amides is 2. The smallest absolute Gasteiger partial charge is 0.278 e. The van der Waals surface area contributed by atoms with Gasteiger partial charge in [0, 0.05) is 10.6 Å². The van der Waals surface area contributed by atoms with Crippen molar-refractivity contribution in [1.82, 2.24) is 0 Å². The Morgan fingerprint density at radius 2 is 1.81 bits per heavy atom. The molecule has 2 aliphatic rings. The zero-order chi connectivity index (χ0) is 19.0. The molecular formula is C21H19ClN2O3. The first-order chi connectivity index (χ1) is 13.1. The predicted molar refractivity (Wildman–Crippen MR) is 104 cm³/mol. The van der Waals surface area contributed by atoms with E-state index in [1.807, 2.05) is 30.3 Å². The van der Waals surface area contributed by atoms with Crippen LogP contribution in [0.5, 0.6) is 0 Å². The van der Waals surface area contributed by atoms with Crippen molar-refractivity contribution in [2.75, 3.05) is 4.90 Å². The Morgan fingerprint density at radius 1 is 1.07 bits per heavy atom. The van der Waals surface area contributed by atoms with Crippen LogP contribution < -0.4 is 4.90 Å². The highest BCUT2D eigenvalue weighted by Gasteiger charge is 2.56. The molecule has 27 heavy (non-hydrogen) atoms. The summed E-state index contributed by atoms with van der Waals surface area (Å²) in [5.74, 6) is -1.49. The minimum atomic E-state index is -0.927. The maximum Gasteiger partial charge on any atom is 0.278 e. The van der Waals surface area contributed by atoms with Crippen LogP contribution >= 0.6 is 11.6 Å². The molecule has 2 aromatic rings. The van der Waals surface area contributed by atoms with Gasteiger partial charge in [0.15, 0.2) is 0 Å². The molecule has 1 fully saturated rings. The summed E-state index contributed by atoms with van der Waals surface area (Å²) in [5.41, 5.74) is 2.77. The molecule has 0 aliphatic carbocycles. The van der Waals surface area contributed by atoms with Gasteiger partial charge in [-0.05, 0) is 36.6 Å². The third-order valence-electron chi connectivity index (χ3n) is 4.98. The number of fused-ring (bicyclic) bond motifs is 1. The fraction of sp³-hybridized carbons (Fsp3) is 0.286. The summed E-state index contributed by atoms with van der Waals surface area (Å²) in [5, 5.41) is 4.46. The number of nitrogens with zero attached hydrogens (tertiary/aromatic N) is 2. The lowest BCUT2D eigenvalue weighted by atomic mass is 9.94. The van der Waals surface area contributed by atoms with E-state index in [4.69, 9.17) is 16.4 Å². The molecule has 138 valence electrons. The molecule has 0 saturated carbocycles. The molecule has 0 spiro atoms. The number of carbonyl (C=O) groups excluding carboxylic acids is 2. The monoisotopic (exact) mass is 382 g/mol. The van der Waals surface area contributed by atoms with Crippen molar-refractivity contribution >= 4 is 34.8 Å². The van der Waals surface area contributed by atoms with Gasteiger partial charge in [-0.2, -0.15) is 0 Å². The number of oxime groups is 1. The average molecular weight is 383 g/mol. The number of rotatable bonds is 5. The lowest BCUT2D eigenvalue weighted by Gasteiger charge is -2.16. The third-order valence-corrected chi connectivity index (χ3v) is 5.31. The van der Waals surface area contributed by atoms with Crippen LogP contribution in [0.1, 0.15) is 30.9 Å². The molecule has 2 amide bonds. The van der Waals surface area contributed by atoms with Crippen molar-refractivity contribution in [3.8, 4) is 0 Å². The number of anilines is 1. The summed E-state index contributed by atoms with van der Waals surface area (Å²) in [7, 11) is 0. The van der Waals surface area contributed by atoms with Gasteiger partial charge in [0.1, 0.15) is 11.6 Å². The Labute approximate surface area is 162 Å². The van der Waals surface area contributed by atoms with Gasteiger partial charge in [0.2, 0.25) is 12.0 Å². The maximum absolute atomic E-state index is 13.1. The molecule has 0 aromatic heterocycles. The van der Waals surface area contributed by atoms with Gasteiger partial charge in [-0.1, -0.05) is 60.4 Å². The SMILES string of the molecule is CCCCc1ccc(N2C(=O)[C@@H]3C(c4ccccc4Cl)=NO[C@@H]3C2=O)cc1. The number of hydrogen-bond acceptors (Lipinski definition) is 4. The number of carbonyl (C=O) groups is 2. The highest BCUT2D eigenvalue weighted by Crippen LogP contribution is 2.36. The van der Waals surface area contributed by atoms with Crippen LogP contribution in [0.4, 0.5) is 5.69 Å². The molecular weight excluding hydrogens is 364 g/mol. The van der Waals surface area contributed by atoms with E-state index in [9.17, 15) is 9.59 Å². The van der Waals surface area contributed by atoms with E-state index in [0.717, 1.165) is 19.3 Å². The summed E-state index contributed by atoms with van der Waals surface area (Å²) in [4.78, 5) is 32.4. The second-order valence-corrected chi connectivity index (χ2v) is 7.15. The molecule has 6 heteroatoms. The van der Waals surface area contributed by atoms with E-state index in [1.54, 1.807) is 18.2 Å². The van der Waals surface area contributed by atoms with Gasteiger partial charge in [-0.3, -0.25) is 9.59 Å². The minimum Gasteiger partial charge on any atom is -0.381 e. The van der Waals surface area contributed by atoms with Crippen LogP contribution in [0.25, 0.3) is 0 Å². The quantitative estimate of drug-likeness (QED) is 0.735. The molecule has 1 saturated heterocycles. The summed E-state index contributed by atoms with van der Waals surface area (Å²) in [6.45, 7) is 2.15. The molecule has 2 aliphatic heterocycles. The lowest BCUT2D eigenvalue weighted by molar-refractivity contribution is -0.126. The van der Waals surface area contributed by atoms with Crippen molar-refractivity contribution in [1.29, 1.82) is 0 Å². The highest BCUT2D eigenvalue weighted by atomic mass is 35.5. The highest BCUT2D eigenvalue weighted by molar-refractivity contribution is 6.38. The predicted octanol–water partition coefficient (Wildman–Crippen LogP) is 3.98. The van der Waals surface area contributed by atoms with E-state index >= 15 is 0 Å². The Morgan fingerprint density at radius 3 is 2.52 bits per heavy atom. The lowest BCUT2D eigenvalue weighted by Crippen LogP contribution is -2.33. The van der Waals surface area contributed by atoms with Crippen molar-refractivity contribution in [2.24, 2.45) is 11.1 Å². The van der Waals surface area contributed by atoms with Crippen molar-refractivity contribution in [3.05, 3.63) is 64.7 Å². The Balaban J connectivity index is 1.61. The number of unbranched alkanes of at least 4 members (excludes halogenated alkanes) is 1. The molecule has 2 atom stereocenters. The van der Waals surface area contributed by atoms with Gasteiger partial charge in [-0.15, -0.1) is 0 Å². The fourth-order valence-corrected chi connectivity index (χ4v) is 3.75. The number of halogens is 1. The third kappa shape index (κ3) is 3.02. The Hall–Kier alpha value is -2.66. The van der Waals surface area contributed by atoms with E-state index in [2.05, 4.69) is 12.1 Å².